The molecule has 13 heavy (non-hydrogen) atoms. The predicted octanol–water partition coefficient (Wildman–Crippen LogP) is 0.818. The molecule has 1 saturated heterocycles. The van der Waals surface area contributed by atoms with Gasteiger partial charge in [-0.15, -0.1) is 11.8 Å². The normalized spacial score (nSPS) is 23.3. The second kappa shape index (κ2) is 4.34. The fraction of sp³-hybridized carbons (Fsp3) is 0.714. The number of aromatic amines is 1. The highest BCUT2D eigenvalue weighted by Gasteiger charge is 2.20. The van der Waals surface area contributed by atoms with Crippen molar-refractivity contribution in [1.82, 2.24) is 15.2 Å². The largest absolute Gasteiger partial charge is 0.388 e. The lowest BCUT2D eigenvalue weighted by molar-refractivity contribution is 0.271. The minimum atomic E-state index is -0.0580. The highest BCUT2D eigenvalue weighted by atomic mass is 32.2. The van der Waals surface area contributed by atoms with Gasteiger partial charge in [0.1, 0.15) is 12.4 Å². The average Bonchev–Trinajstić information content (AvgIpc) is 2.67. The van der Waals surface area contributed by atoms with Crippen LogP contribution in [0.3, 0.4) is 0 Å². The highest BCUT2D eigenvalue weighted by Crippen LogP contribution is 2.34. The molecule has 4 nitrogen and oxygen atoms in total. The Balaban J connectivity index is 2.05. The van der Waals surface area contributed by atoms with Gasteiger partial charge in [-0.25, -0.2) is 4.98 Å². The van der Waals surface area contributed by atoms with Gasteiger partial charge in [0.15, 0.2) is 5.82 Å². The van der Waals surface area contributed by atoms with Gasteiger partial charge in [-0.3, -0.25) is 5.10 Å². The van der Waals surface area contributed by atoms with Gasteiger partial charge in [-0.1, -0.05) is 0 Å². The molecule has 6 heteroatoms. The van der Waals surface area contributed by atoms with E-state index in [-0.39, 0.29) is 6.61 Å². The molecule has 0 bridgehead atoms. The van der Waals surface area contributed by atoms with E-state index >= 15 is 0 Å². The smallest absolute Gasteiger partial charge is 0.164 e. The number of nitrogens with zero attached hydrogens (tertiary/aromatic N) is 2. The zero-order valence-corrected chi connectivity index (χ0v) is 8.70. The number of thioether (sulfide) groups is 2. The van der Waals surface area contributed by atoms with Crippen LogP contribution < -0.4 is 0 Å². The summed E-state index contributed by atoms with van der Waals surface area (Å²) in [6, 6.07) is 0. The van der Waals surface area contributed by atoms with Crippen molar-refractivity contribution in [3.63, 3.8) is 0 Å². The number of H-pyrrole nitrogens is 1. The second-order valence-corrected chi connectivity index (χ2v) is 5.19. The first kappa shape index (κ1) is 9.36. The Morgan fingerprint density at radius 1 is 1.54 bits per heavy atom. The molecule has 2 rings (SSSR count). The molecule has 2 N–H and O–H groups in total. The van der Waals surface area contributed by atoms with Gasteiger partial charge >= 0.3 is 0 Å². The maximum Gasteiger partial charge on any atom is 0.164 e. The number of nitrogens with one attached hydrogen (secondary N) is 1. The molecule has 0 aromatic carbocycles. The van der Waals surface area contributed by atoms with E-state index in [1.807, 2.05) is 23.5 Å². The van der Waals surface area contributed by atoms with Crippen LogP contribution in [0.1, 0.15) is 16.9 Å². The first-order chi connectivity index (χ1) is 6.40. The molecule has 1 fully saturated rings. The van der Waals surface area contributed by atoms with Crippen LogP contribution in [0.15, 0.2) is 0 Å². The molecule has 1 aliphatic rings. The summed E-state index contributed by atoms with van der Waals surface area (Å²) in [5.74, 6) is 4.86. The Morgan fingerprint density at radius 3 is 3.08 bits per heavy atom. The first-order valence-electron chi connectivity index (χ1n) is 4.11. The standard InChI is InChI=1S/C7H11N3OS2/c11-3-6-8-7(10-9-6)5-4-12-1-2-13-5/h5,11H,1-4H2,(H,8,9,10). The monoisotopic (exact) mass is 217 g/mol. The lowest BCUT2D eigenvalue weighted by Gasteiger charge is -2.17. The van der Waals surface area contributed by atoms with E-state index in [2.05, 4.69) is 15.2 Å². The summed E-state index contributed by atoms with van der Waals surface area (Å²) < 4.78 is 0. The van der Waals surface area contributed by atoms with Crippen molar-refractivity contribution in [2.75, 3.05) is 17.3 Å². The van der Waals surface area contributed by atoms with Crippen molar-refractivity contribution >= 4 is 23.5 Å². The molecule has 2 heterocycles. The fourth-order valence-electron chi connectivity index (χ4n) is 1.16. The van der Waals surface area contributed by atoms with Crippen LogP contribution >= 0.6 is 23.5 Å². The summed E-state index contributed by atoms with van der Waals surface area (Å²) in [7, 11) is 0. The van der Waals surface area contributed by atoms with Gasteiger partial charge in [0, 0.05) is 17.3 Å². The van der Waals surface area contributed by atoms with Crippen molar-refractivity contribution in [2.45, 2.75) is 11.9 Å². The van der Waals surface area contributed by atoms with E-state index in [1.54, 1.807) is 0 Å². The van der Waals surface area contributed by atoms with E-state index < -0.39 is 0 Å². The summed E-state index contributed by atoms with van der Waals surface area (Å²) >= 11 is 3.83. The molecular weight excluding hydrogens is 206 g/mol. The van der Waals surface area contributed by atoms with Gasteiger partial charge in [-0.05, 0) is 0 Å². The van der Waals surface area contributed by atoms with Crippen molar-refractivity contribution in [1.29, 1.82) is 0 Å². The number of aliphatic hydroxyl groups excluding tert-OH is 1. The van der Waals surface area contributed by atoms with Crippen LogP contribution in [0.4, 0.5) is 0 Å². The molecular formula is C7H11N3OS2. The lowest BCUT2D eigenvalue weighted by Crippen LogP contribution is -2.08. The maximum atomic E-state index is 8.80. The number of hydrogen-bond donors (Lipinski definition) is 2. The van der Waals surface area contributed by atoms with Gasteiger partial charge in [0.05, 0.1) is 5.25 Å². The van der Waals surface area contributed by atoms with Crippen molar-refractivity contribution in [3.8, 4) is 0 Å². The van der Waals surface area contributed by atoms with E-state index in [4.69, 9.17) is 5.11 Å². The molecule has 0 aliphatic carbocycles. The first-order valence-corrected chi connectivity index (χ1v) is 6.32. The fourth-order valence-corrected chi connectivity index (χ4v) is 3.76. The van der Waals surface area contributed by atoms with Gasteiger partial charge in [0.2, 0.25) is 0 Å². The van der Waals surface area contributed by atoms with Gasteiger partial charge in [0.25, 0.3) is 0 Å². The van der Waals surface area contributed by atoms with E-state index in [9.17, 15) is 0 Å². The number of aromatic nitrogens is 3. The minimum Gasteiger partial charge on any atom is -0.388 e. The Morgan fingerprint density at radius 2 is 2.46 bits per heavy atom. The Kier molecular flexibility index (Phi) is 3.13. The third-order valence-corrected chi connectivity index (χ3v) is 4.55. The second-order valence-electron chi connectivity index (χ2n) is 2.73. The third kappa shape index (κ3) is 2.18. The van der Waals surface area contributed by atoms with Crippen LogP contribution in [0, 0.1) is 0 Å². The molecule has 1 atom stereocenters. The van der Waals surface area contributed by atoms with E-state index in [0.29, 0.717) is 11.1 Å². The molecule has 72 valence electrons. The van der Waals surface area contributed by atoms with Crippen LogP contribution in [-0.2, 0) is 6.61 Å². The van der Waals surface area contributed by atoms with Crippen LogP contribution in [0.5, 0.6) is 0 Å². The van der Waals surface area contributed by atoms with E-state index in [1.165, 1.54) is 11.5 Å². The van der Waals surface area contributed by atoms with Crippen LogP contribution in [0.2, 0.25) is 0 Å². The van der Waals surface area contributed by atoms with Gasteiger partial charge < -0.3 is 5.11 Å². The Labute approximate surface area is 84.9 Å². The van der Waals surface area contributed by atoms with Crippen molar-refractivity contribution in [2.24, 2.45) is 0 Å². The SMILES string of the molecule is OCc1nc(C2CSCCS2)n[nH]1. The third-order valence-electron chi connectivity index (χ3n) is 1.80. The Hall–Kier alpha value is -0.200. The average molecular weight is 217 g/mol. The molecule has 1 aliphatic heterocycles. The summed E-state index contributed by atoms with van der Waals surface area (Å²) in [5.41, 5.74) is 0. The number of hydrogen-bond acceptors (Lipinski definition) is 5. The number of rotatable bonds is 2. The Bertz CT molecular complexity index is 272. The van der Waals surface area contributed by atoms with Crippen LogP contribution in [0.25, 0.3) is 0 Å². The van der Waals surface area contributed by atoms with Crippen molar-refractivity contribution < 1.29 is 5.11 Å². The molecule has 0 saturated carbocycles. The molecule has 0 amide bonds. The molecule has 1 unspecified atom stereocenters. The molecule has 0 spiro atoms. The lowest BCUT2D eigenvalue weighted by atomic mass is 10.4. The molecule has 0 radical (unpaired) electrons. The summed E-state index contributed by atoms with van der Waals surface area (Å²) in [5, 5.41) is 16.0. The zero-order valence-electron chi connectivity index (χ0n) is 7.06. The van der Waals surface area contributed by atoms with E-state index in [0.717, 1.165) is 11.6 Å². The maximum absolute atomic E-state index is 8.80. The summed E-state index contributed by atoms with van der Waals surface area (Å²) in [4.78, 5) is 4.20. The summed E-state index contributed by atoms with van der Waals surface area (Å²) in [6.07, 6.45) is 0. The molecule has 1 aromatic heterocycles. The quantitative estimate of drug-likeness (QED) is 0.768. The van der Waals surface area contributed by atoms with Crippen LogP contribution in [-0.4, -0.2) is 37.5 Å². The summed E-state index contributed by atoms with van der Waals surface area (Å²) in [6.45, 7) is -0.0580. The molecule has 1 aromatic rings. The topological polar surface area (TPSA) is 61.8 Å². The minimum absolute atomic E-state index is 0.0580. The number of aliphatic hydroxyl groups is 1. The van der Waals surface area contributed by atoms with Gasteiger partial charge in [-0.2, -0.15) is 16.9 Å². The highest BCUT2D eigenvalue weighted by molar-refractivity contribution is 8.06. The predicted molar refractivity (Wildman–Crippen MR) is 54.8 cm³/mol. The zero-order chi connectivity index (χ0) is 9.10. The van der Waals surface area contributed by atoms with Crippen molar-refractivity contribution in [3.05, 3.63) is 11.6 Å².